The fraction of sp³-hybridized carbons (Fsp3) is 0.462. The number of methoxy groups -OCH3 is 1. The van der Waals surface area contributed by atoms with Crippen molar-refractivity contribution < 1.29 is 13.9 Å². The molecule has 3 nitrogen and oxygen atoms in total. The van der Waals surface area contributed by atoms with Crippen LogP contribution in [0.25, 0.3) is 0 Å². The number of carbonyl (C=O) groups is 1. The molecule has 1 aromatic rings. The average Bonchev–Trinajstić information content (AvgIpc) is 2.27. The standard InChI is InChI=1S/C13H18FNO2/c1-10(13(16)17-3)8-15(2)9-11-5-4-6-12(14)7-11/h4-7,10H,8-9H2,1-3H3. The molecule has 1 rings (SSSR count). The molecule has 0 saturated heterocycles. The van der Waals surface area contributed by atoms with Gasteiger partial charge in [-0.05, 0) is 24.7 Å². The lowest BCUT2D eigenvalue weighted by Gasteiger charge is -2.19. The number of hydrogen-bond donors (Lipinski definition) is 0. The predicted molar refractivity (Wildman–Crippen MR) is 63.9 cm³/mol. The van der Waals surface area contributed by atoms with Gasteiger partial charge in [-0.15, -0.1) is 0 Å². The summed E-state index contributed by atoms with van der Waals surface area (Å²) in [6.45, 7) is 3.01. The highest BCUT2D eigenvalue weighted by Crippen LogP contribution is 2.08. The van der Waals surface area contributed by atoms with Crippen molar-refractivity contribution in [3.63, 3.8) is 0 Å². The smallest absolute Gasteiger partial charge is 0.309 e. The molecule has 0 radical (unpaired) electrons. The van der Waals surface area contributed by atoms with Crippen LogP contribution in [0.5, 0.6) is 0 Å². The van der Waals surface area contributed by atoms with Gasteiger partial charge in [-0.1, -0.05) is 19.1 Å². The molecule has 1 unspecified atom stereocenters. The third-order valence-electron chi connectivity index (χ3n) is 2.53. The van der Waals surface area contributed by atoms with Crippen LogP contribution in [0, 0.1) is 11.7 Å². The zero-order valence-electron chi connectivity index (χ0n) is 10.4. The first kappa shape index (κ1) is 13.6. The number of esters is 1. The second-order valence-corrected chi connectivity index (χ2v) is 4.25. The highest BCUT2D eigenvalue weighted by molar-refractivity contribution is 5.72. The Bertz CT molecular complexity index is 381. The molecule has 0 bridgehead atoms. The summed E-state index contributed by atoms with van der Waals surface area (Å²) in [5.74, 6) is -0.647. The Morgan fingerprint density at radius 3 is 2.82 bits per heavy atom. The monoisotopic (exact) mass is 239 g/mol. The van der Waals surface area contributed by atoms with Gasteiger partial charge in [-0.2, -0.15) is 0 Å². The molecule has 94 valence electrons. The van der Waals surface area contributed by atoms with Crippen molar-refractivity contribution in [2.24, 2.45) is 5.92 Å². The first-order valence-electron chi connectivity index (χ1n) is 5.53. The van der Waals surface area contributed by atoms with E-state index in [1.807, 2.05) is 24.9 Å². The number of rotatable bonds is 5. The maximum atomic E-state index is 13.0. The molecule has 4 heteroatoms. The van der Waals surface area contributed by atoms with Crippen molar-refractivity contribution in [1.29, 1.82) is 0 Å². The Hall–Kier alpha value is -1.42. The number of ether oxygens (including phenoxy) is 1. The minimum absolute atomic E-state index is 0.182. The quantitative estimate of drug-likeness (QED) is 0.737. The third kappa shape index (κ3) is 4.53. The Kier molecular flexibility index (Phi) is 5.10. The molecule has 0 fully saturated rings. The van der Waals surface area contributed by atoms with E-state index < -0.39 is 0 Å². The summed E-state index contributed by atoms with van der Waals surface area (Å²) in [6, 6.07) is 6.46. The number of halogens is 1. The zero-order chi connectivity index (χ0) is 12.8. The van der Waals surface area contributed by atoms with Gasteiger partial charge in [0.1, 0.15) is 5.82 Å². The maximum absolute atomic E-state index is 13.0. The SMILES string of the molecule is COC(=O)C(C)CN(C)Cc1cccc(F)c1. The van der Waals surface area contributed by atoms with Crippen molar-refractivity contribution in [1.82, 2.24) is 4.90 Å². The Morgan fingerprint density at radius 1 is 1.53 bits per heavy atom. The summed E-state index contributed by atoms with van der Waals surface area (Å²) >= 11 is 0. The fourth-order valence-corrected chi connectivity index (χ4v) is 1.75. The molecular formula is C13H18FNO2. The lowest BCUT2D eigenvalue weighted by Crippen LogP contribution is -2.29. The number of hydrogen-bond acceptors (Lipinski definition) is 3. The number of nitrogens with zero attached hydrogens (tertiary/aromatic N) is 1. The van der Waals surface area contributed by atoms with E-state index in [4.69, 9.17) is 0 Å². The van der Waals surface area contributed by atoms with Crippen LogP contribution < -0.4 is 0 Å². The van der Waals surface area contributed by atoms with E-state index in [9.17, 15) is 9.18 Å². The minimum Gasteiger partial charge on any atom is -0.469 e. The van der Waals surface area contributed by atoms with Crippen molar-refractivity contribution in [3.05, 3.63) is 35.6 Å². The third-order valence-corrected chi connectivity index (χ3v) is 2.53. The fourth-order valence-electron chi connectivity index (χ4n) is 1.75. The van der Waals surface area contributed by atoms with Crippen LogP contribution in [-0.2, 0) is 16.1 Å². The summed E-state index contributed by atoms with van der Waals surface area (Å²) in [6.07, 6.45) is 0. The van der Waals surface area contributed by atoms with Crippen molar-refractivity contribution in [2.45, 2.75) is 13.5 Å². The van der Waals surface area contributed by atoms with Crippen LogP contribution >= 0.6 is 0 Å². The molecular weight excluding hydrogens is 221 g/mol. The first-order valence-corrected chi connectivity index (χ1v) is 5.53. The molecule has 0 N–H and O–H groups in total. The molecule has 0 spiro atoms. The van der Waals surface area contributed by atoms with Crippen LogP contribution in [0.2, 0.25) is 0 Å². The maximum Gasteiger partial charge on any atom is 0.309 e. The molecule has 1 atom stereocenters. The van der Waals surface area contributed by atoms with Gasteiger partial charge in [0, 0.05) is 13.1 Å². The molecule has 0 heterocycles. The molecule has 17 heavy (non-hydrogen) atoms. The van der Waals surface area contributed by atoms with Crippen molar-refractivity contribution >= 4 is 5.97 Å². The van der Waals surface area contributed by atoms with Gasteiger partial charge in [0.25, 0.3) is 0 Å². The van der Waals surface area contributed by atoms with Gasteiger partial charge in [-0.25, -0.2) is 4.39 Å². The number of carbonyl (C=O) groups excluding carboxylic acids is 1. The van der Waals surface area contributed by atoms with E-state index in [-0.39, 0.29) is 17.7 Å². The van der Waals surface area contributed by atoms with E-state index in [1.165, 1.54) is 19.2 Å². The summed E-state index contributed by atoms with van der Waals surface area (Å²) in [7, 11) is 3.27. The lowest BCUT2D eigenvalue weighted by atomic mass is 10.1. The molecule has 0 aliphatic carbocycles. The van der Waals surface area contributed by atoms with Gasteiger partial charge in [0.15, 0.2) is 0 Å². The van der Waals surface area contributed by atoms with E-state index >= 15 is 0 Å². The van der Waals surface area contributed by atoms with E-state index in [1.54, 1.807) is 6.07 Å². The van der Waals surface area contributed by atoms with Crippen molar-refractivity contribution in [2.75, 3.05) is 20.7 Å². The highest BCUT2D eigenvalue weighted by Gasteiger charge is 2.15. The van der Waals surface area contributed by atoms with E-state index in [2.05, 4.69) is 4.74 Å². The summed E-state index contributed by atoms with van der Waals surface area (Å²) < 4.78 is 17.6. The van der Waals surface area contributed by atoms with Crippen LogP contribution in [0.4, 0.5) is 4.39 Å². The summed E-state index contributed by atoms with van der Waals surface area (Å²) in [4.78, 5) is 13.2. The second-order valence-electron chi connectivity index (χ2n) is 4.25. The molecule has 0 aliphatic heterocycles. The van der Waals surface area contributed by atoms with Crippen LogP contribution in [-0.4, -0.2) is 31.6 Å². The molecule has 0 aliphatic rings. The van der Waals surface area contributed by atoms with Crippen LogP contribution in [0.1, 0.15) is 12.5 Å². The van der Waals surface area contributed by atoms with E-state index in [0.717, 1.165) is 5.56 Å². The Labute approximate surface area is 101 Å². The molecule has 0 saturated carbocycles. The van der Waals surface area contributed by atoms with Crippen LogP contribution in [0.3, 0.4) is 0 Å². The Morgan fingerprint density at radius 2 is 2.24 bits per heavy atom. The molecule has 0 amide bonds. The summed E-state index contributed by atoms with van der Waals surface area (Å²) in [5.41, 5.74) is 0.893. The minimum atomic E-state index is -0.239. The van der Waals surface area contributed by atoms with E-state index in [0.29, 0.717) is 13.1 Å². The highest BCUT2D eigenvalue weighted by atomic mass is 19.1. The van der Waals surface area contributed by atoms with Gasteiger partial charge < -0.3 is 9.64 Å². The first-order chi connectivity index (χ1) is 8.02. The largest absolute Gasteiger partial charge is 0.469 e. The normalized spacial score (nSPS) is 12.5. The van der Waals surface area contributed by atoms with Gasteiger partial charge >= 0.3 is 5.97 Å². The predicted octanol–water partition coefficient (Wildman–Crippen LogP) is 2.07. The summed E-state index contributed by atoms with van der Waals surface area (Å²) in [5, 5.41) is 0. The van der Waals surface area contributed by atoms with Gasteiger partial charge in [0.05, 0.1) is 13.0 Å². The average molecular weight is 239 g/mol. The van der Waals surface area contributed by atoms with Crippen LogP contribution in [0.15, 0.2) is 24.3 Å². The van der Waals surface area contributed by atoms with Gasteiger partial charge in [0.2, 0.25) is 0 Å². The molecule has 0 aromatic heterocycles. The number of benzene rings is 1. The van der Waals surface area contributed by atoms with Crippen molar-refractivity contribution in [3.8, 4) is 0 Å². The zero-order valence-corrected chi connectivity index (χ0v) is 10.4. The van der Waals surface area contributed by atoms with Gasteiger partial charge in [-0.3, -0.25) is 4.79 Å². The second kappa shape index (κ2) is 6.35. The lowest BCUT2D eigenvalue weighted by molar-refractivity contribution is -0.145. The Balaban J connectivity index is 2.49. The molecule has 1 aromatic carbocycles. The topological polar surface area (TPSA) is 29.5 Å².